The van der Waals surface area contributed by atoms with E-state index in [1.807, 2.05) is 13.8 Å². The summed E-state index contributed by atoms with van der Waals surface area (Å²) in [5.74, 6) is -0.00694. The van der Waals surface area contributed by atoms with E-state index in [1.165, 1.54) is 0 Å². The minimum Gasteiger partial charge on any atom is -0.351 e. The molecule has 14 heavy (non-hydrogen) atoms. The first-order valence-corrected chi connectivity index (χ1v) is 4.57. The Hall–Kier alpha value is -1.36. The van der Waals surface area contributed by atoms with Crippen LogP contribution in [-0.4, -0.2) is 29.7 Å². The van der Waals surface area contributed by atoms with Crippen LogP contribution in [-0.2, 0) is 11.3 Å². The van der Waals surface area contributed by atoms with Gasteiger partial charge in [-0.25, -0.2) is 0 Å². The largest absolute Gasteiger partial charge is 0.351 e. The topological polar surface area (TPSA) is 69.8 Å². The van der Waals surface area contributed by atoms with Crippen molar-refractivity contribution in [3.63, 3.8) is 0 Å². The number of carbonyl (C=O) groups is 1. The number of aromatic nitrogens is 2. The van der Waals surface area contributed by atoms with E-state index in [0.29, 0.717) is 13.1 Å². The third-order valence-corrected chi connectivity index (χ3v) is 2.08. The van der Waals surface area contributed by atoms with Gasteiger partial charge in [0.2, 0.25) is 5.91 Å². The number of nitrogens with one attached hydrogen (secondary N) is 3. The van der Waals surface area contributed by atoms with Gasteiger partial charge < -0.3 is 10.6 Å². The monoisotopic (exact) mass is 196 g/mol. The Kier molecular flexibility index (Phi) is 3.64. The minimum absolute atomic E-state index is 0.00694. The van der Waals surface area contributed by atoms with Gasteiger partial charge in [-0.15, -0.1) is 0 Å². The van der Waals surface area contributed by atoms with Crippen molar-refractivity contribution in [2.75, 3.05) is 13.6 Å². The predicted molar refractivity (Wildman–Crippen MR) is 53.8 cm³/mol. The molecule has 0 saturated heterocycles. The average Bonchev–Trinajstić information content (AvgIpc) is 2.44. The van der Waals surface area contributed by atoms with E-state index >= 15 is 0 Å². The standard InChI is InChI=1S/C9H16N4O/c1-6-8(7(2)13-12-6)4-11-9(14)5-10-3/h10H,4-5H2,1-3H3,(H,11,14)(H,12,13). The van der Waals surface area contributed by atoms with Crippen LogP contribution in [0, 0.1) is 13.8 Å². The molecule has 0 aliphatic carbocycles. The number of aromatic amines is 1. The maximum atomic E-state index is 11.2. The quantitative estimate of drug-likeness (QED) is 0.628. The molecule has 0 aliphatic heterocycles. The molecule has 0 atom stereocenters. The predicted octanol–water partition coefficient (Wildman–Crippen LogP) is -0.138. The number of aryl methyl sites for hydroxylation is 2. The van der Waals surface area contributed by atoms with Crippen LogP contribution in [0.1, 0.15) is 17.0 Å². The van der Waals surface area contributed by atoms with Gasteiger partial charge in [0, 0.05) is 17.8 Å². The van der Waals surface area contributed by atoms with Crippen molar-refractivity contribution < 1.29 is 4.79 Å². The van der Waals surface area contributed by atoms with Gasteiger partial charge in [-0.3, -0.25) is 9.89 Å². The number of carbonyl (C=O) groups excluding carboxylic acids is 1. The van der Waals surface area contributed by atoms with Crippen LogP contribution in [0.15, 0.2) is 0 Å². The highest BCUT2D eigenvalue weighted by Crippen LogP contribution is 2.07. The molecule has 1 heterocycles. The van der Waals surface area contributed by atoms with Gasteiger partial charge in [-0.1, -0.05) is 0 Å². The van der Waals surface area contributed by atoms with E-state index in [0.717, 1.165) is 17.0 Å². The number of nitrogens with zero attached hydrogens (tertiary/aromatic N) is 1. The number of hydrogen-bond donors (Lipinski definition) is 3. The van der Waals surface area contributed by atoms with Gasteiger partial charge in [-0.2, -0.15) is 5.10 Å². The summed E-state index contributed by atoms with van der Waals surface area (Å²) in [7, 11) is 1.74. The molecule has 0 fully saturated rings. The summed E-state index contributed by atoms with van der Waals surface area (Å²) in [6.45, 7) is 4.74. The second kappa shape index (κ2) is 4.76. The van der Waals surface area contributed by atoms with Crippen molar-refractivity contribution in [3.8, 4) is 0 Å². The highest BCUT2D eigenvalue weighted by Gasteiger charge is 2.07. The molecule has 1 aromatic rings. The molecule has 0 radical (unpaired) electrons. The van der Waals surface area contributed by atoms with Gasteiger partial charge >= 0.3 is 0 Å². The number of H-pyrrole nitrogens is 1. The molecule has 1 amide bonds. The Labute approximate surface area is 83.3 Å². The lowest BCUT2D eigenvalue weighted by Crippen LogP contribution is -2.31. The van der Waals surface area contributed by atoms with Gasteiger partial charge in [0.25, 0.3) is 0 Å². The molecule has 1 rings (SSSR count). The number of rotatable bonds is 4. The lowest BCUT2D eigenvalue weighted by Gasteiger charge is -2.04. The highest BCUT2D eigenvalue weighted by atomic mass is 16.1. The van der Waals surface area contributed by atoms with Crippen LogP contribution in [0.3, 0.4) is 0 Å². The molecule has 0 aliphatic rings. The smallest absolute Gasteiger partial charge is 0.234 e. The molecule has 0 unspecified atom stereocenters. The number of amides is 1. The highest BCUT2D eigenvalue weighted by molar-refractivity contribution is 5.77. The molecule has 0 aromatic carbocycles. The van der Waals surface area contributed by atoms with Crippen molar-refractivity contribution in [3.05, 3.63) is 17.0 Å². The zero-order chi connectivity index (χ0) is 10.6. The van der Waals surface area contributed by atoms with Crippen LogP contribution in [0.25, 0.3) is 0 Å². The van der Waals surface area contributed by atoms with Crippen molar-refractivity contribution in [1.29, 1.82) is 0 Å². The van der Waals surface area contributed by atoms with E-state index in [1.54, 1.807) is 7.05 Å². The summed E-state index contributed by atoms with van der Waals surface area (Å²) in [6.07, 6.45) is 0. The van der Waals surface area contributed by atoms with Crippen LogP contribution in [0.2, 0.25) is 0 Å². The molecule has 1 aromatic heterocycles. The fourth-order valence-electron chi connectivity index (χ4n) is 1.24. The molecule has 0 saturated carbocycles. The molecule has 0 spiro atoms. The number of likely N-dealkylation sites (N-methyl/N-ethyl adjacent to an activating group) is 1. The van der Waals surface area contributed by atoms with Gasteiger partial charge in [0.05, 0.1) is 12.2 Å². The van der Waals surface area contributed by atoms with Crippen molar-refractivity contribution >= 4 is 5.91 Å². The first-order chi connectivity index (χ1) is 6.65. The molecule has 0 bridgehead atoms. The summed E-state index contributed by atoms with van der Waals surface area (Å²) in [5.41, 5.74) is 3.01. The lowest BCUT2D eigenvalue weighted by molar-refractivity contribution is -0.120. The average molecular weight is 196 g/mol. The molecular weight excluding hydrogens is 180 g/mol. The molecular formula is C9H16N4O. The van der Waals surface area contributed by atoms with E-state index in [9.17, 15) is 4.79 Å². The molecule has 5 heteroatoms. The van der Waals surface area contributed by atoms with Crippen LogP contribution < -0.4 is 10.6 Å². The van der Waals surface area contributed by atoms with Crippen LogP contribution >= 0.6 is 0 Å². The van der Waals surface area contributed by atoms with Gasteiger partial charge in [0.1, 0.15) is 0 Å². The van der Waals surface area contributed by atoms with E-state index < -0.39 is 0 Å². The summed E-state index contributed by atoms with van der Waals surface area (Å²) < 4.78 is 0. The Bertz CT molecular complexity index is 299. The summed E-state index contributed by atoms with van der Waals surface area (Å²) in [5, 5.41) is 12.5. The zero-order valence-electron chi connectivity index (χ0n) is 8.77. The van der Waals surface area contributed by atoms with Gasteiger partial charge in [0.15, 0.2) is 0 Å². The van der Waals surface area contributed by atoms with Crippen LogP contribution in [0.5, 0.6) is 0 Å². The normalized spacial score (nSPS) is 10.2. The second-order valence-electron chi connectivity index (χ2n) is 3.22. The summed E-state index contributed by atoms with van der Waals surface area (Å²) in [4.78, 5) is 11.2. The Morgan fingerprint density at radius 2 is 2.21 bits per heavy atom. The van der Waals surface area contributed by atoms with Gasteiger partial charge in [-0.05, 0) is 20.9 Å². The molecule has 78 valence electrons. The first-order valence-electron chi connectivity index (χ1n) is 4.57. The Morgan fingerprint density at radius 1 is 1.50 bits per heavy atom. The molecule has 5 nitrogen and oxygen atoms in total. The molecule has 3 N–H and O–H groups in total. The third-order valence-electron chi connectivity index (χ3n) is 2.08. The van der Waals surface area contributed by atoms with Crippen molar-refractivity contribution in [1.82, 2.24) is 20.8 Å². The van der Waals surface area contributed by atoms with Crippen molar-refractivity contribution in [2.45, 2.75) is 20.4 Å². The second-order valence-corrected chi connectivity index (χ2v) is 3.22. The van der Waals surface area contributed by atoms with Crippen LogP contribution in [0.4, 0.5) is 0 Å². The SMILES string of the molecule is CNCC(=O)NCc1c(C)n[nH]c1C. The third kappa shape index (κ3) is 2.56. The van der Waals surface area contributed by atoms with E-state index in [2.05, 4.69) is 20.8 Å². The Balaban J connectivity index is 2.49. The van der Waals surface area contributed by atoms with E-state index in [4.69, 9.17) is 0 Å². The van der Waals surface area contributed by atoms with E-state index in [-0.39, 0.29) is 5.91 Å². The Morgan fingerprint density at radius 3 is 2.71 bits per heavy atom. The maximum Gasteiger partial charge on any atom is 0.234 e. The summed E-state index contributed by atoms with van der Waals surface area (Å²) >= 11 is 0. The zero-order valence-corrected chi connectivity index (χ0v) is 8.77. The fraction of sp³-hybridized carbons (Fsp3) is 0.556. The first kappa shape index (κ1) is 10.7. The minimum atomic E-state index is -0.00694. The maximum absolute atomic E-state index is 11.2. The number of hydrogen-bond acceptors (Lipinski definition) is 3. The lowest BCUT2D eigenvalue weighted by atomic mass is 10.2. The summed E-state index contributed by atoms with van der Waals surface area (Å²) in [6, 6.07) is 0. The fourth-order valence-corrected chi connectivity index (χ4v) is 1.24. The van der Waals surface area contributed by atoms with Crippen molar-refractivity contribution in [2.24, 2.45) is 0 Å².